The fourth-order valence-electron chi connectivity index (χ4n) is 8.62. The second-order valence-electron chi connectivity index (χ2n) is 15.3. The van der Waals surface area contributed by atoms with Gasteiger partial charge in [0.25, 0.3) is 0 Å². The third-order valence-corrected chi connectivity index (χ3v) is 11.7. The number of nitrogens with zero attached hydrogens (tertiary/aromatic N) is 1. The van der Waals surface area contributed by atoms with E-state index in [0.717, 1.165) is 61.3 Å². The molecule has 1 aromatic heterocycles. The molecule has 0 saturated carbocycles. The second kappa shape index (κ2) is 15.1. The lowest BCUT2D eigenvalue weighted by Gasteiger charge is -2.26. The molecular weight excluding hydrogens is 727 g/mol. The molecule has 0 aliphatic carbocycles. The fraction of sp³-hybridized carbons (Fsp3) is 0. The van der Waals surface area contributed by atoms with E-state index in [2.05, 4.69) is 235 Å². The number of furan rings is 1. The summed E-state index contributed by atoms with van der Waals surface area (Å²) in [6.07, 6.45) is 0. The van der Waals surface area contributed by atoms with Crippen molar-refractivity contribution in [2.45, 2.75) is 0 Å². The van der Waals surface area contributed by atoms with E-state index in [1.165, 1.54) is 44.2 Å². The van der Waals surface area contributed by atoms with Gasteiger partial charge in [0, 0.05) is 33.4 Å². The summed E-state index contributed by atoms with van der Waals surface area (Å²) in [5.41, 5.74) is 16.6. The maximum absolute atomic E-state index is 6.69. The molecule has 0 N–H and O–H groups in total. The van der Waals surface area contributed by atoms with Crippen molar-refractivity contribution >= 4 is 49.8 Å². The van der Waals surface area contributed by atoms with Crippen LogP contribution in [0.1, 0.15) is 0 Å². The summed E-state index contributed by atoms with van der Waals surface area (Å²) in [5.74, 6) is 0. The lowest BCUT2D eigenvalue weighted by molar-refractivity contribution is 0.670. The van der Waals surface area contributed by atoms with Gasteiger partial charge in [-0.3, -0.25) is 0 Å². The lowest BCUT2D eigenvalue weighted by atomic mass is 9.91. The maximum atomic E-state index is 6.69. The standard InChI is InChI=1S/C58H39NO/c1-3-11-40(12-4-1)43-19-22-47(23-20-43)57-53(37-38-55-54-17-9-10-18-56(54)60-58(55)57)46-29-35-52(36-30-46)59(50-31-25-44(26-32-50)41-13-5-2-6-14-41)51-33-27-45(28-34-51)49-24-21-42-15-7-8-16-48(42)39-49/h1-39H. The Morgan fingerprint density at radius 2 is 0.733 bits per heavy atom. The highest BCUT2D eigenvalue weighted by Crippen LogP contribution is 2.44. The van der Waals surface area contributed by atoms with E-state index in [1.807, 2.05) is 6.07 Å². The largest absolute Gasteiger partial charge is 0.455 e. The molecule has 0 atom stereocenters. The van der Waals surface area contributed by atoms with Crippen molar-refractivity contribution in [3.05, 3.63) is 237 Å². The summed E-state index contributed by atoms with van der Waals surface area (Å²) in [6, 6.07) is 84.8. The molecule has 0 fully saturated rings. The van der Waals surface area contributed by atoms with Gasteiger partial charge < -0.3 is 9.32 Å². The molecule has 282 valence electrons. The van der Waals surface area contributed by atoms with Crippen molar-refractivity contribution in [2.75, 3.05) is 4.90 Å². The molecule has 0 unspecified atom stereocenters. The van der Waals surface area contributed by atoms with Gasteiger partial charge in [-0.1, -0.05) is 182 Å². The summed E-state index contributed by atoms with van der Waals surface area (Å²) < 4.78 is 6.69. The van der Waals surface area contributed by atoms with Crippen LogP contribution in [0, 0.1) is 0 Å². The molecule has 2 heteroatoms. The van der Waals surface area contributed by atoms with E-state index in [-0.39, 0.29) is 0 Å². The number of para-hydroxylation sites is 1. The first kappa shape index (κ1) is 35.2. The molecule has 0 radical (unpaired) electrons. The quantitative estimate of drug-likeness (QED) is 0.153. The predicted molar refractivity (Wildman–Crippen MR) is 253 cm³/mol. The van der Waals surface area contributed by atoms with Crippen LogP contribution in [0.15, 0.2) is 241 Å². The minimum atomic E-state index is 0.891. The van der Waals surface area contributed by atoms with E-state index in [0.29, 0.717) is 0 Å². The summed E-state index contributed by atoms with van der Waals surface area (Å²) in [7, 11) is 0. The molecule has 0 aliphatic heterocycles. The van der Waals surface area contributed by atoms with Gasteiger partial charge in [-0.2, -0.15) is 0 Å². The van der Waals surface area contributed by atoms with Crippen LogP contribution in [-0.2, 0) is 0 Å². The molecule has 10 aromatic carbocycles. The molecule has 11 aromatic rings. The van der Waals surface area contributed by atoms with Gasteiger partial charge >= 0.3 is 0 Å². The van der Waals surface area contributed by atoms with E-state index in [9.17, 15) is 0 Å². The topological polar surface area (TPSA) is 16.4 Å². The zero-order valence-electron chi connectivity index (χ0n) is 32.9. The Labute approximate surface area is 349 Å². The van der Waals surface area contributed by atoms with Crippen LogP contribution < -0.4 is 4.90 Å². The monoisotopic (exact) mass is 765 g/mol. The van der Waals surface area contributed by atoms with Crippen molar-refractivity contribution in [3.63, 3.8) is 0 Å². The number of benzene rings is 10. The Balaban J connectivity index is 1.00. The minimum absolute atomic E-state index is 0.891. The van der Waals surface area contributed by atoms with Crippen molar-refractivity contribution in [3.8, 4) is 55.6 Å². The molecule has 11 rings (SSSR count). The normalized spacial score (nSPS) is 11.3. The first-order valence-corrected chi connectivity index (χ1v) is 20.5. The number of fused-ring (bicyclic) bond motifs is 4. The summed E-state index contributed by atoms with van der Waals surface area (Å²) in [4.78, 5) is 2.34. The zero-order valence-corrected chi connectivity index (χ0v) is 32.9. The van der Waals surface area contributed by atoms with Crippen molar-refractivity contribution in [2.24, 2.45) is 0 Å². The summed E-state index contributed by atoms with van der Waals surface area (Å²) in [5, 5.41) is 4.73. The highest BCUT2D eigenvalue weighted by molar-refractivity contribution is 6.12. The molecule has 0 aliphatic rings. The summed E-state index contributed by atoms with van der Waals surface area (Å²) in [6.45, 7) is 0. The molecule has 1 heterocycles. The first-order chi connectivity index (χ1) is 29.7. The zero-order chi connectivity index (χ0) is 39.8. The van der Waals surface area contributed by atoms with Gasteiger partial charge in [0.2, 0.25) is 0 Å². The lowest BCUT2D eigenvalue weighted by Crippen LogP contribution is -2.09. The van der Waals surface area contributed by atoms with Crippen molar-refractivity contribution < 1.29 is 4.42 Å². The molecule has 60 heavy (non-hydrogen) atoms. The average molecular weight is 766 g/mol. The van der Waals surface area contributed by atoms with Gasteiger partial charge in [-0.15, -0.1) is 0 Å². The highest BCUT2D eigenvalue weighted by atomic mass is 16.3. The van der Waals surface area contributed by atoms with Crippen LogP contribution in [0.25, 0.3) is 88.3 Å². The van der Waals surface area contributed by atoms with Gasteiger partial charge in [-0.25, -0.2) is 0 Å². The van der Waals surface area contributed by atoms with Gasteiger partial charge in [-0.05, 0) is 115 Å². The number of rotatable bonds is 8. The molecule has 0 amide bonds. The molecular formula is C58H39NO. The van der Waals surface area contributed by atoms with Crippen LogP contribution >= 0.6 is 0 Å². The first-order valence-electron chi connectivity index (χ1n) is 20.5. The number of hydrogen-bond donors (Lipinski definition) is 0. The van der Waals surface area contributed by atoms with Crippen LogP contribution in [-0.4, -0.2) is 0 Å². The van der Waals surface area contributed by atoms with Gasteiger partial charge in [0.1, 0.15) is 11.2 Å². The van der Waals surface area contributed by atoms with E-state index >= 15 is 0 Å². The Bertz CT molecular complexity index is 3260. The third-order valence-electron chi connectivity index (χ3n) is 11.7. The number of hydrogen-bond acceptors (Lipinski definition) is 2. The Morgan fingerprint density at radius 3 is 1.35 bits per heavy atom. The van der Waals surface area contributed by atoms with Gasteiger partial charge in [0.15, 0.2) is 0 Å². The van der Waals surface area contributed by atoms with Gasteiger partial charge in [0.05, 0.1) is 0 Å². The molecule has 0 saturated heterocycles. The fourth-order valence-corrected chi connectivity index (χ4v) is 8.62. The van der Waals surface area contributed by atoms with Crippen LogP contribution in [0.2, 0.25) is 0 Å². The Kier molecular flexibility index (Phi) is 8.87. The summed E-state index contributed by atoms with van der Waals surface area (Å²) >= 11 is 0. The van der Waals surface area contributed by atoms with Crippen LogP contribution in [0.5, 0.6) is 0 Å². The molecule has 0 spiro atoms. The average Bonchev–Trinajstić information content (AvgIpc) is 3.71. The van der Waals surface area contributed by atoms with Crippen LogP contribution in [0.4, 0.5) is 17.1 Å². The predicted octanol–water partition coefficient (Wildman–Crippen LogP) is 16.5. The van der Waals surface area contributed by atoms with Crippen molar-refractivity contribution in [1.29, 1.82) is 0 Å². The van der Waals surface area contributed by atoms with E-state index in [1.54, 1.807) is 0 Å². The number of anilines is 3. The Hall–Kier alpha value is -7.94. The molecule has 2 nitrogen and oxygen atoms in total. The Morgan fingerprint density at radius 1 is 0.283 bits per heavy atom. The van der Waals surface area contributed by atoms with Crippen molar-refractivity contribution in [1.82, 2.24) is 0 Å². The minimum Gasteiger partial charge on any atom is -0.455 e. The highest BCUT2D eigenvalue weighted by Gasteiger charge is 2.19. The van der Waals surface area contributed by atoms with E-state index in [4.69, 9.17) is 4.42 Å². The van der Waals surface area contributed by atoms with E-state index < -0.39 is 0 Å². The SMILES string of the molecule is c1ccc(-c2ccc(-c3c(-c4ccc(N(c5ccc(-c6ccccc6)cc5)c5ccc(-c6ccc7ccccc7c6)cc5)cc4)ccc4c3oc3ccccc34)cc2)cc1. The second-order valence-corrected chi connectivity index (χ2v) is 15.3. The maximum Gasteiger partial charge on any atom is 0.143 e. The third kappa shape index (κ3) is 6.51. The smallest absolute Gasteiger partial charge is 0.143 e. The van der Waals surface area contributed by atoms with Crippen LogP contribution in [0.3, 0.4) is 0 Å². The molecule has 0 bridgehead atoms.